The predicted molar refractivity (Wildman–Crippen MR) is 82.2 cm³/mol. The zero-order valence-electron chi connectivity index (χ0n) is 12.3. The van der Waals surface area contributed by atoms with Crippen molar-refractivity contribution in [2.45, 2.75) is 37.3 Å². The third-order valence-corrected chi connectivity index (χ3v) is 4.95. The number of nitrogens with two attached hydrogens (primary N) is 1. The molecule has 0 saturated carbocycles. The van der Waals surface area contributed by atoms with Gasteiger partial charge in [-0.25, -0.2) is 0 Å². The maximum atomic E-state index is 6.19. The summed E-state index contributed by atoms with van der Waals surface area (Å²) in [4.78, 5) is 2.61. The lowest BCUT2D eigenvalue weighted by atomic mass is 9.85. The number of nitrogens with one attached hydrogen (secondary N) is 1. The number of methoxy groups -OCH3 is 1. The number of piperidine rings is 1. The van der Waals surface area contributed by atoms with Crippen molar-refractivity contribution in [3.63, 3.8) is 0 Å². The molecule has 0 aromatic heterocycles. The van der Waals surface area contributed by atoms with Crippen molar-refractivity contribution in [1.29, 1.82) is 0 Å². The van der Waals surface area contributed by atoms with Crippen molar-refractivity contribution in [3.05, 3.63) is 24.3 Å². The molecule has 3 N–H and O–H groups in total. The van der Waals surface area contributed by atoms with Crippen molar-refractivity contribution in [2.75, 3.05) is 32.1 Å². The second-order valence-corrected chi connectivity index (χ2v) is 5.98. The second kappa shape index (κ2) is 5.62. The number of fused-ring (bicyclic) bond motifs is 1. The lowest BCUT2D eigenvalue weighted by Gasteiger charge is -2.41. The first-order valence-corrected chi connectivity index (χ1v) is 7.64. The van der Waals surface area contributed by atoms with E-state index >= 15 is 0 Å². The summed E-state index contributed by atoms with van der Waals surface area (Å²) in [5, 5.41) is 3.73. The van der Waals surface area contributed by atoms with E-state index in [1.807, 2.05) is 18.2 Å². The molecule has 1 aromatic rings. The maximum absolute atomic E-state index is 6.19. The summed E-state index contributed by atoms with van der Waals surface area (Å²) in [5.74, 6) is 0.898. The van der Waals surface area contributed by atoms with E-state index in [4.69, 9.17) is 10.5 Å². The van der Waals surface area contributed by atoms with Gasteiger partial charge in [0.05, 0.1) is 18.3 Å². The van der Waals surface area contributed by atoms with Crippen LogP contribution in [-0.2, 0) is 0 Å². The van der Waals surface area contributed by atoms with Crippen LogP contribution in [0.4, 0.5) is 5.69 Å². The Hall–Kier alpha value is -1.26. The molecule has 2 unspecified atom stereocenters. The van der Waals surface area contributed by atoms with Crippen molar-refractivity contribution in [3.8, 4) is 5.75 Å². The van der Waals surface area contributed by atoms with Crippen LogP contribution in [0.25, 0.3) is 0 Å². The number of rotatable bonds is 4. The Kier molecular flexibility index (Phi) is 3.85. The maximum Gasteiger partial charge on any atom is 0.141 e. The monoisotopic (exact) mass is 275 g/mol. The summed E-state index contributed by atoms with van der Waals surface area (Å²) in [5.41, 5.74) is 7.24. The fourth-order valence-corrected chi connectivity index (χ4v) is 3.85. The third kappa shape index (κ3) is 2.27. The van der Waals surface area contributed by atoms with Crippen LogP contribution < -0.4 is 15.8 Å². The van der Waals surface area contributed by atoms with Crippen molar-refractivity contribution >= 4 is 5.69 Å². The van der Waals surface area contributed by atoms with Crippen LogP contribution in [0.2, 0.25) is 0 Å². The molecular formula is C16H25N3O. The van der Waals surface area contributed by atoms with Gasteiger partial charge in [-0.15, -0.1) is 0 Å². The molecule has 2 saturated heterocycles. The average Bonchev–Trinajstić information content (AvgIpc) is 2.87. The molecular weight excluding hydrogens is 250 g/mol. The van der Waals surface area contributed by atoms with Gasteiger partial charge in [0.15, 0.2) is 0 Å². The molecule has 4 nitrogen and oxygen atoms in total. The van der Waals surface area contributed by atoms with Crippen LogP contribution in [0.3, 0.4) is 0 Å². The first kappa shape index (κ1) is 13.7. The van der Waals surface area contributed by atoms with Gasteiger partial charge in [0.2, 0.25) is 0 Å². The molecule has 0 radical (unpaired) electrons. The SMILES string of the molecule is COc1ccccc1NC1(CN)CCN2CCCCC21. The second-order valence-electron chi connectivity index (χ2n) is 5.98. The zero-order valence-corrected chi connectivity index (χ0v) is 12.3. The van der Waals surface area contributed by atoms with E-state index in [9.17, 15) is 0 Å². The molecule has 4 heteroatoms. The molecule has 3 rings (SSSR count). The van der Waals surface area contributed by atoms with Crippen molar-refractivity contribution in [1.82, 2.24) is 4.90 Å². The molecule has 0 aliphatic carbocycles. The van der Waals surface area contributed by atoms with Gasteiger partial charge < -0.3 is 15.8 Å². The highest BCUT2D eigenvalue weighted by Gasteiger charge is 2.47. The van der Waals surface area contributed by atoms with Gasteiger partial charge in [0.1, 0.15) is 5.75 Å². The molecule has 0 amide bonds. The highest BCUT2D eigenvalue weighted by Crippen LogP contribution is 2.38. The predicted octanol–water partition coefficient (Wildman–Crippen LogP) is 2.06. The normalized spacial score (nSPS) is 30.0. The number of hydrogen-bond acceptors (Lipinski definition) is 4. The molecule has 0 bridgehead atoms. The number of ether oxygens (including phenoxy) is 1. The molecule has 20 heavy (non-hydrogen) atoms. The topological polar surface area (TPSA) is 50.5 Å². The first-order valence-electron chi connectivity index (χ1n) is 7.64. The number of nitrogens with zero attached hydrogens (tertiary/aromatic N) is 1. The molecule has 2 heterocycles. The van der Waals surface area contributed by atoms with Gasteiger partial charge >= 0.3 is 0 Å². The number of benzene rings is 1. The fraction of sp³-hybridized carbons (Fsp3) is 0.625. The fourth-order valence-electron chi connectivity index (χ4n) is 3.85. The third-order valence-electron chi connectivity index (χ3n) is 4.95. The lowest BCUT2D eigenvalue weighted by Crippen LogP contribution is -2.56. The van der Waals surface area contributed by atoms with Gasteiger partial charge in [-0.2, -0.15) is 0 Å². The van der Waals surface area contributed by atoms with Crippen molar-refractivity contribution < 1.29 is 4.74 Å². The quantitative estimate of drug-likeness (QED) is 0.883. The van der Waals surface area contributed by atoms with Crippen molar-refractivity contribution in [2.24, 2.45) is 5.73 Å². The van der Waals surface area contributed by atoms with Crippen LogP contribution in [0.5, 0.6) is 5.75 Å². The molecule has 2 atom stereocenters. The highest BCUT2D eigenvalue weighted by molar-refractivity contribution is 5.58. The van der Waals surface area contributed by atoms with Gasteiger partial charge in [0, 0.05) is 19.1 Å². The van der Waals surface area contributed by atoms with E-state index in [0.29, 0.717) is 12.6 Å². The Labute approximate surface area is 121 Å². The lowest BCUT2D eigenvalue weighted by molar-refractivity contribution is 0.167. The minimum absolute atomic E-state index is 0.00491. The Balaban J connectivity index is 1.86. The van der Waals surface area contributed by atoms with Crippen LogP contribution in [0, 0.1) is 0 Å². The van der Waals surface area contributed by atoms with E-state index in [-0.39, 0.29) is 5.54 Å². The standard InChI is InChI=1S/C16H25N3O/c1-20-14-7-3-2-6-13(14)18-16(12-17)9-11-19-10-5-4-8-15(16)19/h2-3,6-7,15,18H,4-5,8-12,17H2,1H3. The minimum atomic E-state index is -0.00491. The summed E-state index contributed by atoms with van der Waals surface area (Å²) < 4.78 is 5.46. The Bertz CT molecular complexity index is 465. The van der Waals surface area contributed by atoms with E-state index in [1.165, 1.54) is 25.8 Å². The van der Waals surface area contributed by atoms with Gasteiger partial charge in [-0.3, -0.25) is 4.90 Å². The summed E-state index contributed by atoms with van der Waals surface area (Å²) >= 11 is 0. The smallest absolute Gasteiger partial charge is 0.141 e. The summed E-state index contributed by atoms with van der Waals surface area (Å²) in [6, 6.07) is 8.69. The average molecular weight is 275 g/mol. The number of para-hydroxylation sites is 2. The van der Waals surface area contributed by atoms with E-state index in [0.717, 1.165) is 24.4 Å². The van der Waals surface area contributed by atoms with Gasteiger partial charge in [-0.1, -0.05) is 18.6 Å². The first-order chi connectivity index (χ1) is 9.79. The Morgan fingerprint density at radius 2 is 2.20 bits per heavy atom. The van der Waals surface area contributed by atoms with Gasteiger partial charge in [0.25, 0.3) is 0 Å². The molecule has 0 spiro atoms. The van der Waals surface area contributed by atoms with E-state index in [2.05, 4.69) is 16.3 Å². The Morgan fingerprint density at radius 1 is 1.35 bits per heavy atom. The summed E-state index contributed by atoms with van der Waals surface area (Å²) in [7, 11) is 1.72. The molecule has 2 fully saturated rings. The molecule has 2 aliphatic rings. The molecule has 110 valence electrons. The van der Waals surface area contributed by atoms with Crippen LogP contribution in [0.1, 0.15) is 25.7 Å². The van der Waals surface area contributed by atoms with E-state index < -0.39 is 0 Å². The largest absolute Gasteiger partial charge is 0.495 e. The Morgan fingerprint density at radius 3 is 3.00 bits per heavy atom. The minimum Gasteiger partial charge on any atom is -0.495 e. The molecule has 1 aromatic carbocycles. The van der Waals surface area contributed by atoms with E-state index in [1.54, 1.807) is 7.11 Å². The molecule has 2 aliphatic heterocycles. The summed E-state index contributed by atoms with van der Waals surface area (Å²) in [6.45, 7) is 3.05. The summed E-state index contributed by atoms with van der Waals surface area (Å²) in [6.07, 6.45) is 5.01. The van der Waals surface area contributed by atoms with Crippen LogP contribution >= 0.6 is 0 Å². The highest BCUT2D eigenvalue weighted by atomic mass is 16.5. The van der Waals surface area contributed by atoms with Gasteiger partial charge in [-0.05, 0) is 37.9 Å². The zero-order chi connectivity index (χ0) is 14.0. The van der Waals surface area contributed by atoms with Crippen LogP contribution in [0.15, 0.2) is 24.3 Å². The number of anilines is 1. The van der Waals surface area contributed by atoms with Crippen LogP contribution in [-0.4, -0.2) is 43.2 Å². The number of hydrogen-bond donors (Lipinski definition) is 2.